The van der Waals surface area contributed by atoms with Crippen molar-refractivity contribution in [2.75, 3.05) is 5.32 Å². The Balaban J connectivity index is 1.72. The summed E-state index contributed by atoms with van der Waals surface area (Å²) in [4.78, 5) is 28.0. The predicted molar refractivity (Wildman–Crippen MR) is 84.4 cm³/mol. The van der Waals surface area contributed by atoms with Gasteiger partial charge in [-0.1, -0.05) is 6.42 Å². The van der Waals surface area contributed by atoms with Crippen molar-refractivity contribution >= 4 is 28.1 Å². The van der Waals surface area contributed by atoms with Crippen LogP contribution in [-0.4, -0.2) is 15.8 Å². The Morgan fingerprint density at radius 1 is 1.18 bits per heavy atom. The molecule has 7 heteroatoms. The summed E-state index contributed by atoms with van der Waals surface area (Å²) in [7, 11) is 0. The first kappa shape index (κ1) is 14.6. The van der Waals surface area contributed by atoms with Crippen LogP contribution < -0.4 is 5.32 Å². The number of carbonyl (C=O) groups excluding carboxylic acids is 1. The molecule has 3 rings (SSSR count). The molecule has 1 aliphatic rings. The van der Waals surface area contributed by atoms with E-state index >= 15 is 0 Å². The van der Waals surface area contributed by atoms with E-state index in [2.05, 4.69) is 10.3 Å². The number of anilines is 1. The van der Waals surface area contributed by atoms with E-state index in [0.29, 0.717) is 10.7 Å². The first-order valence-electron chi connectivity index (χ1n) is 7.18. The van der Waals surface area contributed by atoms with Crippen molar-refractivity contribution in [3.63, 3.8) is 0 Å². The van der Waals surface area contributed by atoms with E-state index in [1.54, 1.807) is 0 Å². The molecule has 2 aromatic rings. The van der Waals surface area contributed by atoms with Gasteiger partial charge in [0.2, 0.25) is 0 Å². The number of aromatic nitrogens is 1. The normalized spacial score (nSPS) is 14.0. The highest BCUT2D eigenvalue weighted by molar-refractivity contribution is 7.15. The SMILES string of the molecule is O=C(Nc1nc2c(s1)CCCCC2)c1ccc([N+](=O)[O-])cc1. The number of carbonyl (C=O) groups is 1. The van der Waals surface area contributed by atoms with Gasteiger partial charge in [0.05, 0.1) is 10.6 Å². The quantitative estimate of drug-likeness (QED) is 0.533. The summed E-state index contributed by atoms with van der Waals surface area (Å²) in [5, 5.41) is 14.0. The van der Waals surface area contributed by atoms with Gasteiger partial charge in [0.15, 0.2) is 5.13 Å². The maximum atomic E-state index is 12.2. The Morgan fingerprint density at radius 2 is 1.91 bits per heavy atom. The maximum absolute atomic E-state index is 12.2. The second-order valence-electron chi connectivity index (χ2n) is 5.21. The molecule has 22 heavy (non-hydrogen) atoms. The maximum Gasteiger partial charge on any atom is 0.269 e. The molecule has 0 radical (unpaired) electrons. The van der Waals surface area contributed by atoms with Crippen molar-refractivity contribution in [2.24, 2.45) is 0 Å². The molecule has 114 valence electrons. The minimum absolute atomic E-state index is 0.0301. The molecule has 1 heterocycles. The minimum Gasteiger partial charge on any atom is -0.298 e. The third-order valence-corrected chi connectivity index (χ3v) is 4.73. The van der Waals surface area contributed by atoms with Crippen molar-refractivity contribution in [1.29, 1.82) is 0 Å². The van der Waals surface area contributed by atoms with Crippen LogP contribution in [-0.2, 0) is 12.8 Å². The molecule has 0 saturated heterocycles. The van der Waals surface area contributed by atoms with Crippen LogP contribution >= 0.6 is 11.3 Å². The minimum atomic E-state index is -0.487. The van der Waals surface area contributed by atoms with Gasteiger partial charge in [0.25, 0.3) is 11.6 Å². The molecule has 0 bridgehead atoms. The Hall–Kier alpha value is -2.28. The van der Waals surface area contributed by atoms with Crippen LogP contribution in [0.2, 0.25) is 0 Å². The summed E-state index contributed by atoms with van der Waals surface area (Å²) in [5.74, 6) is -0.293. The molecule has 1 N–H and O–H groups in total. The van der Waals surface area contributed by atoms with Gasteiger partial charge in [-0.25, -0.2) is 4.98 Å². The lowest BCUT2D eigenvalue weighted by Gasteiger charge is -2.01. The highest BCUT2D eigenvalue weighted by Gasteiger charge is 2.16. The lowest BCUT2D eigenvalue weighted by atomic mass is 10.2. The van der Waals surface area contributed by atoms with Crippen LogP contribution in [0, 0.1) is 10.1 Å². The summed E-state index contributed by atoms with van der Waals surface area (Å²) in [6, 6.07) is 5.55. The molecule has 0 atom stereocenters. The predicted octanol–water partition coefficient (Wildman–Crippen LogP) is 3.57. The number of nitro benzene ring substituents is 1. The van der Waals surface area contributed by atoms with Crippen molar-refractivity contribution in [2.45, 2.75) is 32.1 Å². The number of nitrogens with one attached hydrogen (secondary N) is 1. The van der Waals surface area contributed by atoms with Gasteiger partial charge in [-0.15, -0.1) is 11.3 Å². The lowest BCUT2D eigenvalue weighted by Crippen LogP contribution is -2.11. The average Bonchev–Trinajstić information content (AvgIpc) is 2.76. The zero-order chi connectivity index (χ0) is 15.5. The van der Waals surface area contributed by atoms with E-state index in [1.807, 2.05) is 0 Å². The van der Waals surface area contributed by atoms with Gasteiger partial charge in [0, 0.05) is 22.6 Å². The third kappa shape index (κ3) is 3.14. The van der Waals surface area contributed by atoms with Crippen LogP contribution in [0.5, 0.6) is 0 Å². The summed E-state index contributed by atoms with van der Waals surface area (Å²) in [6.07, 6.45) is 5.55. The van der Waals surface area contributed by atoms with Gasteiger partial charge in [-0.2, -0.15) is 0 Å². The fourth-order valence-electron chi connectivity index (χ4n) is 2.49. The number of nitro groups is 1. The summed E-state index contributed by atoms with van der Waals surface area (Å²) < 4.78 is 0. The highest BCUT2D eigenvalue weighted by atomic mass is 32.1. The summed E-state index contributed by atoms with van der Waals surface area (Å²) >= 11 is 1.53. The van der Waals surface area contributed by atoms with Crippen molar-refractivity contribution < 1.29 is 9.72 Å². The van der Waals surface area contributed by atoms with E-state index in [4.69, 9.17) is 0 Å². The largest absolute Gasteiger partial charge is 0.298 e. The van der Waals surface area contributed by atoms with E-state index in [-0.39, 0.29) is 11.6 Å². The van der Waals surface area contributed by atoms with E-state index < -0.39 is 4.92 Å². The number of hydrogen-bond acceptors (Lipinski definition) is 5. The number of benzene rings is 1. The highest BCUT2D eigenvalue weighted by Crippen LogP contribution is 2.29. The van der Waals surface area contributed by atoms with Gasteiger partial charge >= 0.3 is 0 Å². The van der Waals surface area contributed by atoms with Crippen molar-refractivity contribution in [3.8, 4) is 0 Å². The molecule has 0 spiro atoms. The number of thiazole rings is 1. The summed E-state index contributed by atoms with van der Waals surface area (Å²) in [6.45, 7) is 0. The first-order valence-corrected chi connectivity index (χ1v) is 7.99. The van der Waals surface area contributed by atoms with Crippen molar-refractivity contribution in [1.82, 2.24) is 4.98 Å². The Kier molecular flexibility index (Phi) is 4.15. The number of fused-ring (bicyclic) bond motifs is 1. The molecule has 1 aliphatic carbocycles. The van der Waals surface area contributed by atoms with E-state index in [9.17, 15) is 14.9 Å². The van der Waals surface area contributed by atoms with Crippen LogP contribution in [0.3, 0.4) is 0 Å². The van der Waals surface area contributed by atoms with Gasteiger partial charge in [-0.05, 0) is 37.8 Å². The molecular weight excluding hydrogens is 302 g/mol. The van der Waals surface area contributed by atoms with Crippen LogP contribution in [0.25, 0.3) is 0 Å². The van der Waals surface area contributed by atoms with E-state index in [1.165, 1.54) is 53.3 Å². The Bertz CT molecular complexity index is 686. The molecular formula is C15H15N3O3S. The molecule has 0 aliphatic heterocycles. The second kappa shape index (κ2) is 6.23. The number of nitrogens with zero attached hydrogens (tertiary/aromatic N) is 2. The Morgan fingerprint density at radius 3 is 2.64 bits per heavy atom. The fourth-order valence-corrected chi connectivity index (χ4v) is 3.53. The lowest BCUT2D eigenvalue weighted by molar-refractivity contribution is -0.384. The number of hydrogen-bond donors (Lipinski definition) is 1. The standard InChI is InChI=1S/C15H15N3O3S/c19-14(10-6-8-11(9-7-10)18(20)21)17-15-16-12-4-2-1-3-5-13(12)22-15/h6-9H,1-5H2,(H,16,17,19). The van der Waals surface area contributed by atoms with Gasteiger partial charge < -0.3 is 0 Å². The molecule has 0 saturated carbocycles. The number of amides is 1. The third-order valence-electron chi connectivity index (χ3n) is 3.66. The molecule has 1 aromatic carbocycles. The van der Waals surface area contributed by atoms with Crippen LogP contribution in [0.15, 0.2) is 24.3 Å². The molecule has 1 amide bonds. The number of rotatable bonds is 3. The smallest absolute Gasteiger partial charge is 0.269 e. The average molecular weight is 317 g/mol. The van der Waals surface area contributed by atoms with E-state index in [0.717, 1.165) is 25.0 Å². The zero-order valence-corrected chi connectivity index (χ0v) is 12.7. The molecule has 6 nitrogen and oxygen atoms in total. The first-order chi connectivity index (χ1) is 10.6. The number of aryl methyl sites for hydroxylation is 2. The summed E-state index contributed by atoms with van der Waals surface area (Å²) in [5.41, 5.74) is 1.45. The topological polar surface area (TPSA) is 85.1 Å². The second-order valence-corrected chi connectivity index (χ2v) is 6.29. The monoisotopic (exact) mass is 317 g/mol. The number of non-ortho nitro benzene ring substituents is 1. The van der Waals surface area contributed by atoms with Crippen LogP contribution in [0.4, 0.5) is 10.8 Å². The van der Waals surface area contributed by atoms with Gasteiger partial charge in [0.1, 0.15) is 0 Å². The fraction of sp³-hybridized carbons (Fsp3) is 0.333. The zero-order valence-electron chi connectivity index (χ0n) is 11.9. The van der Waals surface area contributed by atoms with Gasteiger partial charge in [-0.3, -0.25) is 20.2 Å². The van der Waals surface area contributed by atoms with Crippen molar-refractivity contribution in [3.05, 3.63) is 50.5 Å². The molecule has 1 aromatic heterocycles. The molecule has 0 fully saturated rings. The van der Waals surface area contributed by atoms with Crippen LogP contribution in [0.1, 0.15) is 40.2 Å². The molecule has 0 unspecified atom stereocenters. The Labute approximate surface area is 131 Å².